The first kappa shape index (κ1) is 15.6. The minimum absolute atomic E-state index is 0.252. The van der Waals surface area contributed by atoms with Crippen LogP contribution < -0.4 is 14.8 Å². The SMILES string of the molecule is CC(CCCO)NCc1cc(Br)c2c(c1)OCCCO2. The highest BCUT2D eigenvalue weighted by molar-refractivity contribution is 9.10. The van der Waals surface area contributed by atoms with E-state index < -0.39 is 0 Å². The zero-order valence-corrected chi connectivity index (χ0v) is 13.4. The summed E-state index contributed by atoms with van der Waals surface area (Å²) in [6, 6.07) is 4.49. The quantitative estimate of drug-likeness (QED) is 0.833. The van der Waals surface area contributed by atoms with E-state index in [0.717, 1.165) is 47.3 Å². The van der Waals surface area contributed by atoms with Gasteiger partial charge in [0.2, 0.25) is 0 Å². The first-order valence-corrected chi connectivity index (χ1v) is 7.92. The van der Waals surface area contributed by atoms with Crippen LogP contribution in [0.1, 0.15) is 31.7 Å². The van der Waals surface area contributed by atoms with E-state index >= 15 is 0 Å². The number of nitrogens with one attached hydrogen (secondary N) is 1. The van der Waals surface area contributed by atoms with Crippen molar-refractivity contribution < 1.29 is 14.6 Å². The van der Waals surface area contributed by atoms with E-state index in [9.17, 15) is 0 Å². The average molecular weight is 344 g/mol. The Kier molecular flexibility index (Phi) is 6.13. The zero-order valence-electron chi connectivity index (χ0n) is 11.8. The first-order chi connectivity index (χ1) is 9.70. The van der Waals surface area contributed by atoms with Crippen molar-refractivity contribution in [3.8, 4) is 11.5 Å². The maximum absolute atomic E-state index is 8.83. The van der Waals surface area contributed by atoms with Crippen molar-refractivity contribution in [1.82, 2.24) is 5.32 Å². The van der Waals surface area contributed by atoms with Gasteiger partial charge in [0.1, 0.15) is 0 Å². The predicted molar refractivity (Wildman–Crippen MR) is 82.4 cm³/mol. The van der Waals surface area contributed by atoms with Crippen molar-refractivity contribution in [2.75, 3.05) is 19.8 Å². The Balaban J connectivity index is 1.98. The molecule has 1 unspecified atom stereocenters. The van der Waals surface area contributed by atoms with Gasteiger partial charge in [-0.1, -0.05) is 0 Å². The number of benzene rings is 1. The monoisotopic (exact) mass is 343 g/mol. The summed E-state index contributed by atoms with van der Waals surface area (Å²) in [5, 5.41) is 12.3. The third-order valence-electron chi connectivity index (χ3n) is 3.31. The zero-order chi connectivity index (χ0) is 14.4. The molecule has 112 valence electrons. The molecule has 0 fully saturated rings. The fourth-order valence-electron chi connectivity index (χ4n) is 2.18. The fourth-order valence-corrected chi connectivity index (χ4v) is 2.78. The molecule has 1 atom stereocenters. The van der Waals surface area contributed by atoms with Gasteiger partial charge in [-0.15, -0.1) is 0 Å². The Morgan fingerprint density at radius 3 is 2.95 bits per heavy atom. The highest BCUT2D eigenvalue weighted by atomic mass is 79.9. The minimum Gasteiger partial charge on any atom is -0.490 e. The summed E-state index contributed by atoms with van der Waals surface area (Å²) in [7, 11) is 0. The van der Waals surface area contributed by atoms with Crippen LogP contribution in [0.3, 0.4) is 0 Å². The Labute approximate surface area is 128 Å². The normalized spacial score (nSPS) is 15.8. The number of fused-ring (bicyclic) bond motifs is 1. The summed E-state index contributed by atoms with van der Waals surface area (Å²) in [5.41, 5.74) is 1.16. The van der Waals surface area contributed by atoms with Crippen molar-refractivity contribution >= 4 is 15.9 Å². The van der Waals surface area contributed by atoms with E-state index in [1.165, 1.54) is 0 Å². The number of ether oxygens (including phenoxy) is 2. The van der Waals surface area contributed by atoms with Gasteiger partial charge < -0.3 is 19.9 Å². The van der Waals surface area contributed by atoms with Crippen LogP contribution in [0, 0.1) is 0 Å². The highest BCUT2D eigenvalue weighted by Crippen LogP contribution is 2.38. The van der Waals surface area contributed by atoms with Crippen molar-refractivity contribution in [3.63, 3.8) is 0 Å². The largest absolute Gasteiger partial charge is 0.490 e. The third-order valence-corrected chi connectivity index (χ3v) is 3.90. The van der Waals surface area contributed by atoms with Crippen LogP contribution in [0.15, 0.2) is 16.6 Å². The summed E-state index contributed by atoms with van der Waals surface area (Å²) in [6.07, 6.45) is 2.72. The van der Waals surface area contributed by atoms with Crippen LogP contribution in [-0.2, 0) is 6.54 Å². The van der Waals surface area contributed by atoms with Crippen molar-refractivity contribution in [3.05, 3.63) is 22.2 Å². The van der Waals surface area contributed by atoms with E-state index in [4.69, 9.17) is 14.6 Å². The first-order valence-electron chi connectivity index (χ1n) is 7.13. The van der Waals surface area contributed by atoms with Gasteiger partial charge in [0.25, 0.3) is 0 Å². The molecule has 1 aliphatic heterocycles. The molecule has 0 aromatic heterocycles. The number of aliphatic hydroxyl groups excluding tert-OH is 1. The van der Waals surface area contributed by atoms with E-state index in [1.807, 2.05) is 6.07 Å². The smallest absolute Gasteiger partial charge is 0.175 e. The van der Waals surface area contributed by atoms with E-state index in [2.05, 4.69) is 34.2 Å². The molecule has 4 nitrogen and oxygen atoms in total. The topological polar surface area (TPSA) is 50.7 Å². The maximum atomic E-state index is 8.83. The molecule has 0 spiro atoms. The molecular formula is C15H22BrNO3. The third kappa shape index (κ3) is 4.36. The molecule has 0 saturated heterocycles. The second kappa shape index (κ2) is 7.86. The summed E-state index contributed by atoms with van der Waals surface area (Å²) < 4.78 is 12.4. The van der Waals surface area contributed by atoms with Crippen LogP contribution in [0.5, 0.6) is 11.5 Å². The number of hydrogen-bond acceptors (Lipinski definition) is 4. The average Bonchev–Trinajstić information content (AvgIpc) is 2.68. The van der Waals surface area contributed by atoms with E-state index in [-0.39, 0.29) is 6.61 Å². The van der Waals surface area contributed by atoms with Gasteiger partial charge in [-0.25, -0.2) is 0 Å². The van der Waals surface area contributed by atoms with Crippen molar-refractivity contribution in [2.24, 2.45) is 0 Å². The van der Waals surface area contributed by atoms with Gasteiger partial charge in [-0.2, -0.15) is 0 Å². The maximum Gasteiger partial charge on any atom is 0.175 e. The molecule has 5 heteroatoms. The van der Waals surface area contributed by atoms with Crippen LogP contribution in [0.25, 0.3) is 0 Å². The molecule has 2 rings (SSSR count). The Bertz CT molecular complexity index is 439. The molecular weight excluding hydrogens is 322 g/mol. The second-order valence-corrected chi connectivity index (χ2v) is 5.96. The number of rotatable bonds is 6. The summed E-state index contributed by atoms with van der Waals surface area (Å²) >= 11 is 3.55. The molecule has 20 heavy (non-hydrogen) atoms. The van der Waals surface area contributed by atoms with E-state index in [1.54, 1.807) is 0 Å². The second-order valence-electron chi connectivity index (χ2n) is 5.10. The molecule has 1 aliphatic rings. The van der Waals surface area contributed by atoms with Crippen LogP contribution in [-0.4, -0.2) is 31.0 Å². The molecule has 0 bridgehead atoms. The summed E-state index contributed by atoms with van der Waals surface area (Å²) in [5.74, 6) is 1.62. The molecule has 1 aromatic rings. The molecule has 0 radical (unpaired) electrons. The van der Waals surface area contributed by atoms with Gasteiger partial charge in [0, 0.05) is 25.6 Å². The van der Waals surface area contributed by atoms with Crippen molar-refractivity contribution in [1.29, 1.82) is 0 Å². The molecule has 1 heterocycles. The van der Waals surface area contributed by atoms with Crippen LogP contribution in [0.4, 0.5) is 0 Å². The fraction of sp³-hybridized carbons (Fsp3) is 0.600. The lowest BCUT2D eigenvalue weighted by Crippen LogP contribution is -2.25. The van der Waals surface area contributed by atoms with Crippen LogP contribution >= 0.6 is 15.9 Å². The van der Waals surface area contributed by atoms with Gasteiger partial charge in [0.05, 0.1) is 17.7 Å². The molecule has 2 N–H and O–H groups in total. The minimum atomic E-state index is 0.252. The highest BCUT2D eigenvalue weighted by Gasteiger charge is 2.15. The van der Waals surface area contributed by atoms with Gasteiger partial charge in [-0.3, -0.25) is 0 Å². The molecule has 0 saturated carbocycles. The van der Waals surface area contributed by atoms with Gasteiger partial charge >= 0.3 is 0 Å². The Morgan fingerprint density at radius 2 is 2.15 bits per heavy atom. The molecule has 0 amide bonds. The number of hydrogen-bond donors (Lipinski definition) is 2. The van der Waals surface area contributed by atoms with Gasteiger partial charge in [0.15, 0.2) is 11.5 Å². The summed E-state index contributed by atoms with van der Waals surface area (Å²) in [4.78, 5) is 0. The molecule has 0 aliphatic carbocycles. The number of halogens is 1. The summed E-state index contributed by atoms with van der Waals surface area (Å²) in [6.45, 7) is 4.56. The van der Waals surface area contributed by atoms with E-state index in [0.29, 0.717) is 19.3 Å². The van der Waals surface area contributed by atoms with Crippen molar-refractivity contribution in [2.45, 2.75) is 38.8 Å². The number of aliphatic hydroxyl groups is 1. The van der Waals surface area contributed by atoms with Crippen LogP contribution in [0.2, 0.25) is 0 Å². The lowest BCUT2D eigenvalue weighted by molar-refractivity contribution is 0.276. The van der Waals surface area contributed by atoms with Gasteiger partial charge in [-0.05, 0) is 53.4 Å². The molecule has 1 aromatic carbocycles. The Hall–Kier alpha value is -0.780. The lowest BCUT2D eigenvalue weighted by atomic mass is 10.1. The predicted octanol–water partition coefficient (Wildman–Crippen LogP) is 2.86. The lowest BCUT2D eigenvalue weighted by Gasteiger charge is -2.15. The standard InChI is InChI=1S/C15H22BrNO3/c1-11(4-2-5-18)17-10-12-8-13(16)15-14(9-12)19-6-3-7-20-15/h8-9,11,17-18H,2-7,10H2,1H3. The Morgan fingerprint density at radius 1 is 1.35 bits per heavy atom.